The lowest BCUT2D eigenvalue weighted by Crippen LogP contribution is -2.38. The van der Waals surface area contributed by atoms with Crippen molar-refractivity contribution in [3.05, 3.63) is 12.2 Å². The molecule has 3 atom stereocenters. The van der Waals surface area contributed by atoms with Crippen molar-refractivity contribution in [1.29, 1.82) is 0 Å². The first kappa shape index (κ1) is 13.8. The van der Waals surface area contributed by atoms with Gasteiger partial charge in [0.1, 0.15) is 0 Å². The number of hydrogen-bond donors (Lipinski definition) is 0. The average molecular weight is 266 g/mol. The lowest BCUT2D eigenvalue weighted by atomic mass is 9.91. The summed E-state index contributed by atoms with van der Waals surface area (Å²) in [6.45, 7) is 6.52. The van der Waals surface area contributed by atoms with Crippen LogP contribution in [0.25, 0.3) is 0 Å². The van der Waals surface area contributed by atoms with E-state index in [1.54, 1.807) is 0 Å². The van der Waals surface area contributed by atoms with Crippen LogP contribution in [-0.4, -0.2) is 14.3 Å². The lowest BCUT2D eigenvalue weighted by Gasteiger charge is -2.28. The van der Waals surface area contributed by atoms with Crippen LogP contribution in [0, 0.1) is 17.8 Å². The molecule has 2 aliphatic rings. The van der Waals surface area contributed by atoms with Crippen LogP contribution in [0.5, 0.6) is 0 Å². The van der Waals surface area contributed by atoms with Gasteiger partial charge in [0, 0.05) is 6.42 Å². The van der Waals surface area contributed by atoms with E-state index in [9.17, 15) is 4.79 Å². The van der Waals surface area contributed by atoms with Crippen LogP contribution in [0.2, 0.25) is 18.1 Å². The molecule has 0 saturated heterocycles. The van der Waals surface area contributed by atoms with Crippen LogP contribution in [0.3, 0.4) is 0 Å². The van der Waals surface area contributed by atoms with Crippen molar-refractivity contribution in [2.75, 3.05) is 0 Å². The van der Waals surface area contributed by atoms with E-state index in [0.717, 1.165) is 24.1 Å². The Morgan fingerprint density at radius 1 is 1.17 bits per heavy atom. The van der Waals surface area contributed by atoms with Gasteiger partial charge in [-0.1, -0.05) is 32.9 Å². The fraction of sp³-hybridized carbons (Fsp3) is 0.800. The first-order chi connectivity index (χ1) is 8.62. The molecule has 3 heteroatoms. The predicted molar refractivity (Wildman–Crippen MR) is 76.8 cm³/mol. The minimum atomic E-state index is -1.74. The number of allylic oxidation sites excluding steroid dienone is 2. The molecule has 102 valence electrons. The van der Waals surface area contributed by atoms with E-state index in [-0.39, 0.29) is 5.97 Å². The highest BCUT2D eigenvalue weighted by molar-refractivity contribution is 6.74. The minimum Gasteiger partial charge on any atom is -0.519 e. The Morgan fingerprint density at radius 3 is 2.28 bits per heavy atom. The number of carbonyl (C=O) groups excluding carboxylic acids is 1. The van der Waals surface area contributed by atoms with E-state index in [4.69, 9.17) is 4.43 Å². The number of fused-ring (bicyclic) bond motifs is 2. The molecule has 0 aliphatic heterocycles. The second-order valence-corrected chi connectivity index (χ2v) is 10.7. The standard InChI is InChI=1S/C15H26O2Si/c1-4-18(5-2,6-3)17-15(16)11-14-10-12-7-8-13(14)9-12/h7-8,12-14H,4-6,9-11H2,1-3H3. The van der Waals surface area contributed by atoms with Gasteiger partial charge in [0.05, 0.1) is 0 Å². The van der Waals surface area contributed by atoms with Gasteiger partial charge in [0.25, 0.3) is 14.3 Å². The predicted octanol–water partition coefficient (Wildman–Crippen LogP) is 4.14. The number of carbonyl (C=O) groups is 1. The zero-order chi connectivity index (χ0) is 13.2. The van der Waals surface area contributed by atoms with Crippen LogP contribution >= 0.6 is 0 Å². The molecule has 2 rings (SSSR count). The molecule has 2 aliphatic carbocycles. The van der Waals surface area contributed by atoms with Gasteiger partial charge >= 0.3 is 0 Å². The minimum absolute atomic E-state index is 0.0816. The Kier molecular flexibility index (Phi) is 4.31. The molecule has 0 aromatic rings. The summed E-state index contributed by atoms with van der Waals surface area (Å²) in [5.74, 6) is 2.05. The maximum atomic E-state index is 12.2. The molecular formula is C15H26O2Si. The van der Waals surface area contributed by atoms with Gasteiger partial charge in [-0.3, -0.25) is 4.79 Å². The van der Waals surface area contributed by atoms with Gasteiger partial charge in [0.15, 0.2) is 0 Å². The van der Waals surface area contributed by atoms with Crippen molar-refractivity contribution < 1.29 is 9.22 Å². The van der Waals surface area contributed by atoms with Crippen LogP contribution in [0.4, 0.5) is 0 Å². The summed E-state index contributed by atoms with van der Waals surface area (Å²) in [5.41, 5.74) is 0. The topological polar surface area (TPSA) is 26.3 Å². The smallest absolute Gasteiger partial charge is 0.292 e. The van der Waals surface area contributed by atoms with E-state index in [1.165, 1.54) is 12.8 Å². The third kappa shape index (κ3) is 2.71. The molecule has 1 saturated carbocycles. The Labute approximate surface area is 112 Å². The lowest BCUT2D eigenvalue weighted by molar-refractivity contribution is -0.136. The highest BCUT2D eigenvalue weighted by Gasteiger charge is 2.39. The monoisotopic (exact) mass is 266 g/mol. The molecule has 2 bridgehead atoms. The fourth-order valence-electron chi connectivity index (χ4n) is 3.59. The maximum absolute atomic E-state index is 12.2. The Hall–Kier alpha value is -0.573. The summed E-state index contributed by atoms with van der Waals surface area (Å²) in [6, 6.07) is 3.17. The van der Waals surface area contributed by atoms with Crippen molar-refractivity contribution in [3.63, 3.8) is 0 Å². The fourth-order valence-corrected chi connectivity index (χ4v) is 6.09. The van der Waals surface area contributed by atoms with E-state index >= 15 is 0 Å². The van der Waals surface area contributed by atoms with Gasteiger partial charge in [-0.25, -0.2) is 0 Å². The zero-order valence-electron chi connectivity index (χ0n) is 11.9. The molecule has 0 aromatic carbocycles. The number of hydrogen-bond acceptors (Lipinski definition) is 2. The van der Waals surface area contributed by atoms with Gasteiger partial charge in [-0.2, -0.15) is 0 Å². The molecule has 2 nitrogen and oxygen atoms in total. The van der Waals surface area contributed by atoms with Crippen molar-refractivity contribution in [1.82, 2.24) is 0 Å². The van der Waals surface area contributed by atoms with Crippen LogP contribution in [0.15, 0.2) is 12.2 Å². The van der Waals surface area contributed by atoms with Crippen LogP contribution in [0.1, 0.15) is 40.0 Å². The Bertz CT molecular complexity index is 325. The van der Waals surface area contributed by atoms with E-state index in [2.05, 4.69) is 32.9 Å². The maximum Gasteiger partial charge on any atom is 0.292 e. The van der Waals surface area contributed by atoms with Gasteiger partial charge in [-0.05, 0) is 48.7 Å². The van der Waals surface area contributed by atoms with Gasteiger partial charge in [-0.15, -0.1) is 0 Å². The zero-order valence-corrected chi connectivity index (χ0v) is 12.9. The van der Waals surface area contributed by atoms with Gasteiger partial charge < -0.3 is 4.43 Å². The summed E-state index contributed by atoms with van der Waals surface area (Å²) in [5, 5.41) is 0. The molecule has 0 aromatic heterocycles. The molecule has 18 heavy (non-hydrogen) atoms. The highest BCUT2D eigenvalue weighted by atomic mass is 28.4. The largest absolute Gasteiger partial charge is 0.519 e. The molecule has 3 unspecified atom stereocenters. The van der Waals surface area contributed by atoms with Crippen molar-refractivity contribution in [2.45, 2.75) is 58.2 Å². The highest BCUT2D eigenvalue weighted by Crippen LogP contribution is 2.45. The summed E-state index contributed by atoms with van der Waals surface area (Å²) < 4.78 is 5.93. The second kappa shape index (κ2) is 5.60. The van der Waals surface area contributed by atoms with Crippen LogP contribution in [-0.2, 0) is 9.22 Å². The molecule has 0 spiro atoms. The molecule has 0 radical (unpaired) electrons. The third-order valence-electron chi connectivity index (χ3n) is 5.11. The Morgan fingerprint density at radius 2 is 1.83 bits per heavy atom. The van der Waals surface area contributed by atoms with E-state index in [1.807, 2.05) is 0 Å². The van der Waals surface area contributed by atoms with Crippen molar-refractivity contribution in [3.8, 4) is 0 Å². The molecule has 0 N–H and O–H groups in total. The summed E-state index contributed by atoms with van der Waals surface area (Å²) in [4.78, 5) is 12.2. The van der Waals surface area contributed by atoms with Gasteiger partial charge in [0.2, 0.25) is 0 Å². The Balaban J connectivity index is 1.87. The average Bonchev–Trinajstić information content (AvgIpc) is 2.98. The second-order valence-electron chi connectivity index (χ2n) is 5.96. The third-order valence-corrected chi connectivity index (χ3v) is 9.64. The van der Waals surface area contributed by atoms with E-state index in [0.29, 0.717) is 18.3 Å². The van der Waals surface area contributed by atoms with Crippen molar-refractivity contribution in [2.24, 2.45) is 17.8 Å². The van der Waals surface area contributed by atoms with Crippen molar-refractivity contribution >= 4 is 14.3 Å². The first-order valence-electron chi connectivity index (χ1n) is 7.52. The summed E-state index contributed by atoms with van der Waals surface area (Å²) >= 11 is 0. The first-order valence-corrected chi connectivity index (χ1v) is 10.1. The molecular weight excluding hydrogens is 240 g/mol. The molecule has 1 fully saturated rings. The molecule has 0 heterocycles. The normalized spacial score (nSPS) is 29.8. The molecule has 0 amide bonds. The summed E-state index contributed by atoms with van der Waals surface area (Å²) in [7, 11) is -1.74. The number of rotatable bonds is 6. The van der Waals surface area contributed by atoms with E-state index < -0.39 is 8.32 Å². The quantitative estimate of drug-likeness (QED) is 0.533. The SMILES string of the molecule is CC[Si](CC)(CC)OC(=O)CC1CC2C=CC1C2. The van der Waals surface area contributed by atoms with Crippen LogP contribution < -0.4 is 0 Å². The summed E-state index contributed by atoms with van der Waals surface area (Å²) in [6.07, 6.45) is 7.78.